The number of hydrogen-bond donors (Lipinski definition) is 0. The predicted molar refractivity (Wildman–Crippen MR) is 80.0 cm³/mol. The molecule has 2 rings (SSSR count). The summed E-state index contributed by atoms with van der Waals surface area (Å²) in [5.74, 6) is 1.22. The summed E-state index contributed by atoms with van der Waals surface area (Å²) in [6, 6.07) is 6.90. The van der Waals surface area contributed by atoms with Gasteiger partial charge in [-0.25, -0.2) is 4.39 Å². The summed E-state index contributed by atoms with van der Waals surface area (Å²) < 4.78 is 20.0. The van der Waals surface area contributed by atoms with Crippen LogP contribution in [-0.4, -0.2) is 11.4 Å². The Bertz CT molecular complexity index is 399. The lowest BCUT2D eigenvalue weighted by atomic mass is 9.81. The molecular formula is C16H22BrFO. The van der Waals surface area contributed by atoms with Crippen LogP contribution in [0.25, 0.3) is 0 Å². The summed E-state index contributed by atoms with van der Waals surface area (Å²) in [4.78, 5) is 0. The smallest absolute Gasteiger partial charge is 0.129 e. The summed E-state index contributed by atoms with van der Waals surface area (Å²) in [7, 11) is 0. The van der Waals surface area contributed by atoms with Gasteiger partial charge >= 0.3 is 0 Å². The van der Waals surface area contributed by atoms with Crippen molar-refractivity contribution in [2.45, 2.75) is 45.3 Å². The molecule has 1 fully saturated rings. The molecule has 3 unspecified atom stereocenters. The molecule has 1 aromatic carbocycles. The van der Waals surface area contributed by atoms with E-state index >= 15 is 0 Å². The van der Waals surface area contributed by atoms with Crippen molar-refractivity contribution in [2.75, 3.05) is 5.33 Å². The Kier molecular flexibility index (Phi) is 5.40. The lowest BCUT2D eigenvalue weighted by Gasteiger charge is -2.33. The van der Waals surface area contributed by atoms with Crippen LogP contribution in [0, 0.1) is 17.7 Å². The molecule has 3 atom stereocenters. The molecule has 106 valence electrons. The van der Waals surface area contributed by atoms with Crippen LogP contribution < -0.4 is 0 Å². The fourth-order valence-corrected chi connectivity index (χ4v) is 3.65. The molecule has 0 saturated heterocycles. The molecule has 0 aromatic heterocycles. The van der Waals surface area contributed by atoms with Crippen LogP contribution >= 0.6 is 15.9 Å². The van der Waals surface area contributed by atoms with Crippen LogP contribution in [-0.2, 0) is 4.74 Å². The van der Waals surface area contributed by atoms with Crippen molar-refractivity contribution in [2.24, 2.45) is 11.8 Å². The van der Waals surface area contributed by atoms with Crippen molar-refractivity contribution in [3.05, 3.63) is 35.6 Å². The van der Waals surface area contributed by atoms with Crippen LogP contribution in [0.2, 0.25) is 0 Å². The van der Waals surface area contributed by atoms with E-state index in [0.29, 0.717) is 22.7 Å². The third-order valence-corrected chi connectivity index (χ3v) is 4.47. The minimum atomic E-state index is -0.191. The van der Waals surface area contributed by atoms with Gasteiger partial charge in [-0.3, -0.25) is 0 Å². The first-order valence-electron chi connectivity index (χ1n) is 7.06. The molecule has 1 aliphatic rings. The van der Waals surface area contributed by atoms with E-state index in [2.05, 4.69) is 29.8 Å². The van der Waals surface area contributed by atoms with Gasteiger partial charge in [0.25, 0.3) is 0 Å². The Hall–Kier alpha value is -0.410. The van der Waals surface area contributed by atoms with Crippen LogP contribution in [0.3, 0.4) is 0 Å². The quantitative estimate of drug-likeness (QED) is 0.698. The first kappa shape index (κ1) is 15.0. The highest BCUT2D eigenvalue weighted by Gasteiger charge is 2.27. The number of benzene rings is 1. The fourth-order valence-electron chi connectivity index (χ4n) is 3.15. The van der Waals surface area contributed by atoms with Crippen LogP contribution in [0.5, 0.6) is 0 Å². The Labute approximate surface area is 123 Å². The zero-order valence-corrected chi connectivity index (χ0v) is 13.2. The molecule has 0 spiro atoms. The molecule has 19 heavy (non-hydrogen) atoms. The monoisotopic (exact) mass is 328 g/mol. The zero-order valence-electron chi connectivity index (χ0n) is 11.6. The van der Waals surface area contributed by atoms with Gasteiger partial charge in [-0.15, -0.1) is 0 Å². The van der Waals surface area contributed by atoms with Crippen molar-refractivity contribution < 1.29 is 9.13 Å². The molecule has 0 radical (unpaired) electrons. The second-order valence-corrected chi connectivity index (χ2v) is 6.49. The van der Waals surface area contributed by atoms with E-state index in [9.17, 15) is 4.39 Å². The molecule has 0 amide bonds. The van der Waals surface area contributed by atoms with Gasteiger partial charge in [-0.1, -0.05) is 48.0 Å². The van der Waals surface area contributed by atoms with Crippen LogP contribution in [0.4, 0.5) is 4.39 Å². The molecular weight excluding hydrogens is 307 g/mol. The van der Waals surface area contributed by atoms with Gasteiger partial charge in [0.1, 0.15) is 5.82 Å². The van der Waals surface area contributed by atoms with Crippen molar-refractivity contribution in [3.63, 3.8) is 0 Å². The standard InChI is InChI=1S/C16H22BrFO/c1-11-7-12(2)9-13(8-11)19-16(10-17)14-5-3-4-6-15(14)18/h3-6,11-13,16H,7-10H2,1-2H3. The van der Waals surface area contributed by atoms with Gasteiger partial charge in [-0.2, -0.15) is 0 Å². The minimum absolute atomic E-state index is 0.177. The topological polar surface area (TPSA) is 9.23 Å². The maximum absolute atomic E-state index is 13.8. The molecule has 1 saturated carbocycles. The van der Waals surface area contributed by atoms with Gasteiger partial charge in [0.05, 0.1) is 12.2 Å². The van der Waals surface area contributed by atoms with Gasteiger partial charge in [0, 0.05) is 10.9 Å². The Morgan fingerprint density at radius 3 is 2.42 bits per heavy atom. The summed E-state index contributed by atoms with van der Waals surface area (Å²) in [5, 5.41) is 0.632. The first-order valence-corrected chi connectivity index (χ1v) is 8.18. The fraction of sp³-hybridized carbons (Fsp3) is 0.625. The van der Waals surface area contributed by atoms with Crippen LogP contribution in [0.1, 0.15) is 44.8 Å². The van der Waals surface area contributed by atoms with E-state index in [4.69, 9.17) is 4.74 Å². The van der Waals surface area contributed by atoms with Crippen molar-refractivity contribution in [1.29, 1.82) is 0 Å². The first-order chi connectivity index (χ1) is 9.10. The molecule has 0 N–H and O–H groups in total. The number of halogens is 2. The summed E-state index contributed by atoms with van der Waals surface area (Å²) in [5.41, 5.74) is 0.658. The highest BCUT2D eigenvalue weighted by molar-refractivity contribution is 9.09. The SMILES string of the molecule is CC1CC(C)CC(OC(CBr)c2ccccc2F)C1. The number of rotatable bonds is 4. The van der Waals surface area contributed by atoms with Gasteiger partial charge in [0.2, 0.25) is 0 Å². The average molecular weight is 329 g/mol. The minimum Gasteiger partial charge on any atom is -0.369 e. The van der Waals surface area contributed by atoms with E-state index in [1.54, 1.807) is 6.07 Å². The Balaban J connectivity index is 2.05. The van der Waals surface area contributed by atoms with E-state index in [1.807, 2.05) is 12.1 Å². The van der Waals surface area contributed by atoms with E-state index in [0.717, 1.165) is 12.8 Å². The molecule has 0 aliphatic heterocycles. The lowest BCUT2D eigenvalue weighted by Crippen LogP contribution is -2.28. The number of alkyl halides is 1. The molecule has 0 bridgehead atoms. The second-order valence-electron chi connectivity index (χ2n) is 5.84. The maximum Gasteiger partial charge on any atom is 0.129 e. The Morgan fingerprint density at radius 1 is 1.21 bits per heavy atom. The van der Waals surface area contributed by atoms with E-state index < -0.39 is 0 Å². The van der Waals surface area contributed by atoms with Gasteiger partial charge in [0.15, 0.2) is 0 Å². The molecule has 1 aromatic rings. The zero-order chi connectivity index (χ0) is 13.8. The van der Waals surface area contributed by atoms with Gasteiger partial charge in [-0.05, 0) is 37.2 Å². The second kappa shape index (κ2) is 6.85. The van der Waals surface area contributed by atoms with E-state index in [1.165, 1.54) is 12.5 Å². The normalized spacial score (nSPS) is 29.2. The number of ether oxygens (including phenoxy) is 1. The highest BCUT2D eigenvalue weighted by Crippen LogP contribution is 2.34. The molecule has 1 aliphatic carbocycles. The summed E-state index contributed by atoms with van der Waals surface area (Å²) in [6.07, 6.45) is 3.51. The molecule has 1 nitrogen and oxygen atoms in total. The maximum atomic E-state index is 13.8. The Morgan fingerprint density at radius 2 is 1.84 bits per heavy atom. The van der Waals surface area contributed by atoms with Crippen LogP contribution in [0.15, 0.2) is 24.3 Å². The van der Waals surface area contributed by atoms with E-state index in [-0.39, 0.29) is 18.0 Å². The van der Waals surface area contributed by atoms with Crippen molar-refractivity contribution >= 4 is 15.9 Å². The van der Waals surface area contributed by atoms with Crippen molar-refractivity contribution in [3.8, 4) is 0 Å². The predicted octanol–water partition coefficient (Wildman–Crippen LogP) is 5.10. The highest BCUT2D eigenvalue weighted by atomic mass is 79.9. The summed E-state index contributed by atoms with van der Waals surface area (Å²) >= 11 is 3.45. The number of hydrogen-bond acceptors (Lipinski definition) is 1. The third-order valence-electron chi connectivity index (χ3n) is 3.88. The van der Waals surface area contributed by atoms with Gasteiger partial charge < -0.3 is 4.74 Å². The molecule has 3 heteroatoms. The van der Waals surface area contributed by atoms with Crippen molar-refractivity contribution in [1.82, 2.24) is 0 Å². The lowest BCUT2D eigenvalue weighted by molar-refractivity contribution is -0.0412. The average Bonchev–Trinajstić information content (AvgIpc) is 2.36. The third kappa shape index (κ3) is 4.03. The largest absolute Gasteiger partial charge is 0.369 e. The molecule has 0 heterocycles. The summed E-state index contributed by atoms with van der Waals surface area (Å²) in [6.45, 7) is 4.55.